The maximum absolute atomic E-state index is 11.0. The summed E-state index contributed by atoms with van der Waals surface area (Å²) >= 11 is 0. The zero-order valence-electron chi connectivity index (χ0n) is 9.37. The van der Waals surface area contributed by atoms with E-state index in [9.17, 15) is 4.79 Å². The summed E-state index contributed by atoms with van der Waals surface area (Å²) in [7, 11) is 0. The summed E-state index contributed by atoms with van der Waals surface area (Å²) in [6.07, 6.45) is 6.26. The number of aromatic nitrogens is 3. The summed E-state index contributed by atoms with van der Waals surface area (Å²) in [6.45, 7) is 1.52. The molecule has 1 aliphatic rings. The van der Waals surface area contributed by atoms with Crippen LogP contribution in [-0.2, 0) is 4.74 Å². The molecule has 0 saturated carbocycles. The monoisotopic (exact) mass is 231 g/mol. The van der Waals surface area contributed by atoms with Crippen LogP contribution in [0.1, 0.15) is 35.1 Å². The number of hydrogen-bond acceptors (Lipinski definition) is 4. The molecular formula is C12H13N3O2. The lowest BCUT2D eigenvalue weighted by Gasteiger charge is -2.20. The molecule has 1 saturated heterocycles. The van der Waals surface area contributed by atoms with E-state index in [4.69, 9.17) is 4.74 Å². The minimum atomic E-state index is 0.356. The number of aldehydes is 1. The number of carbonyl (C=O) groups excluding carboxylic acids is 1. The summed E-state index contributed by atoms with van der Waals surface area (Å²) in [5, 5.41) is 0. The average Bonchev–Trinajstić information content (AvgIpc) is 2.78. The van der Waals surface area contributed by atoms with E-state index in [2.05, 4.69) is 9.97 Å². The van der Waals surface area contributed by atoms with Crippen molar-refractivity contribution in [2.24, 2.45) is 0 Å². The van der Waals surface area contributed by atoms with E-state index in [-0.39, 0.29) is 0 Å². The molecule has 0 atom stereocenters. The Bertz CT molecular complexity index is 544. The topological polar surface area (TPSA) is 56.5 Å². The van der Waals surface area contributed by atoms with Crippen LogP contribution in [-0.4, -0.2) is 33.9 Å². The number of rotatable bonds is 2. The first-order chi connectivity index (χ1) is 8.40. The molecule has 0 unspecified atom stereocenters. The fraction of sp³-hybridized carbons (Fsp3) is 0.417. The van der Waals surface area contributed by atoms with Gasteiger partial charge in [-0.3, -0.25) is 9.20 Å². The third kappa shape index (κ3) is 1.72. The van der Waals surface area contributed by atoms with Crippen LogP contribution in [0.2, 0.25) is 0 Å². The molecule has 0 spiro atoms. The molecule has 17 heavy (non-hydrogen) atoms. The first kappa shape index (κ1) is 10.4. The standard InChI is InChI=1S/C12H13N3O2/c16-8-10-12-13-4-1-5-15(12)11(14-10)9-2-6-17-7-3-9/h1,4-5,8-9H,2-3,6-7H2. The third-order valence-corrected chi connectivity index (χ3v) is 3.16. The van der Waals surface area contributed by atoms with Gasteiger partial charge < -0.3 is 4.74 Å². The van der Waals surface area contributed by atoms with Gasteiger partial charge in [-0.1, -0.05) is 0 Å². The maximum atomic E-state index is 11.0. The summed E-state index contributed by atoms with van der Waals surface area (Å²) < 4.78 is 7.26. The van der Waals surface area contributed by atoms with Gasteiger partial charge in [0.1, 0.15) is 11.5 Å². The Hall–Kier alpha value is -1.75. The highest BCUT2D eigenvalue weighted by atomic mass is 16.5. The summed E-state index contributed by atoms with van der Waals surface area (Å²) in [5.74, 6) is 1.28. The van der Waals surface area contributed by atoms with Crippen LogP contribution < -0.4 is 0 Å². The van der Waals surface area contributed by atoms with Gasteiger partial charge in [0.25, 0.3) is 0 Å². The highest BCUT2D eigenvalue weighted by Gasteiger charge is 2.22. The van der Waals surface area contributed by atoms with Crippen molar-refractivity contribution in [3.63, 3.8) is 0 Å². The molecule has 88 valence electrons. The van der Waals surface area contributed by atoms with Gasteiger partial charge in [0.05, 0.1) is 0 Å². The van der Waals surface area contributed by atoms with Crippen molar-refractivity contribution in [1.29, 1.82) is 0 Å². The average molecular weight is 231 g/mol. The summed E-state index contributed by atoms with van der Waals surface area (Å²) in [4.78, 5) is 19.6. The van der Waals surface area contributed by atoms with Gasteiger partial charge in [-0.2, -0.15) is 0 Å². The molecular weight excluding hydrogens is 218 g/mol. The van der Waals surface area contributed by atoms with E-state index in [1.807, 2.05) is 16.7 Å². The molecule has 3 heterocycles. The van der Waals surface area contributed by atoms with Gasteiger partial charge >= 0.3 is 0 Å². The Morgan fingerprint density at radius 3 is 3.00 bits per heavy atom. The van der Waals surface area contributed by atoms with E-state index in [1.54, 1.807) is 6.20 Å². The second-order valence-electron chi connectivity index (χ2n) is 4.17. The zero-order valence-corrected chi connectivity index (χ0v) is 9.37. The molecule has 3 rings (SSSR count). The summed E-state index contributed by atoms with van der Waals surface area (Å²) in [6, 6.07) is 1.85. The first-order valence-corrected chi connectivity index (χ1v) is 5.76. The number of imidazole rings is 1. The number of nitrogens with zero attached hydrogens (tertiary/aromatic N) is 3. The Labute approximate surface area is 98.4 Å². The second kappa shape index (κ2) is 4.25. The lowest BCUT2D eigenvalue weighted by Crippen LogP contribution is -2.16. The van der Waals surface area contributed by atoms with Crippen LogP contribution in [0.25, 0.3) is 5.65 Å². The molecule has 0 N–H and O–H groups in total. The normalized spacial score (nSPS) is 17.4. The molecule has 0 radical (unpaired) electrons. The molecule has 2 aromatic heterocycles. The third-order valence-electron chi connectivity index (χ3n) is 3.16. The van der Waals surface area contributed by atoms with Gasteiger partial charge in [0, 0.05) is 31.5 Å². The minimum Gasteiger partial charge on any atom is -0.381 e. The second-order valence-corrected chi connectivity index (χ2v) is 4.17. The zero-order chi connectivity index (χ0) is 11.7. The van der Waals surface area contributed by atoms with Crippen LogP contribution in [0, 0.1) is 0 Å². The van der Waals surface area contributed by atoms with Crippen LogP contribution in [0.4, 0.5) is 0 Å². The number of fused-ring (bicyclic) bond motifs is 1. The number of carbonyl (C=O) groups is 1. The fourth-order valence-electron chi connectivity index (χ4n) is 2.30. The lowest BCUT2D eigenvalue weighted by molar-refractivity contribution is 0.0834. The molecule has 0 aromatic carbocycles. The van der Waals surface area contributed by atoms with Crippen molar-refractivity contribution in [2.75, 3.05) is 13.2 Å². The van der Waals surface area contributed by atoms with Crippen LogP contribution in [0.5, 0.6) is 0 Å². The minimum absolute atomic E-state index is 0.356. The van der Waals surface area contributed by atoms with Gasteiger partial charge in [-0.15, -0.1) is 0 Å². The van der Waals surface area contributed by atoms with E-state index < -0.39 is 0 Å². The van der Waals surface area contributed by atoms with E-state index in [0.717, 1.165) is 38.2 Å². The quantitative estimate of drug-likeness (QED) is 0.734. The van der Waals surface area contributed by atoms with Gasteiger partial charge in [-0.05, 0) is 18.9 Å². The molecule has 5 heteroatoms. The molecule has 0 amide bonds. The Morgan fingerprint density at radius 2 is 2.24 bits per heavy atom. The van der Waals surface area contributed by atoms with Crippen molar-refractivity contribution in [3.05, 3.63) is 30.0 Å². The van der Waals surface area contributed by atoms with Crippen LogP contribution in [0.15, 0.2) is 18.5 Å². The van der Waals surface area contributed by atoms with Crippen molar-refractivity contribution >= 4 is 11.9 Å². The van der Waals surface area contributed by atoms with Crippen LogP contribution in [0.3, 0.4) is 0 Å². The molecule has 2 aromatic rings. The Balaban J connectivity index is 2.11. The number of hydrogen-bond donors (Lipinski definition) is 0. The molecule has 0 aliphatic carbocycles. The van der Waals surface area contributed by atoms with Crippen molar-refractivity contribution < 1.29 is 9.53 Å². The fourth-order valence-corrected chi connectivity index (χ4v) is 2.30. The smallest absolute Gasteiger partial charge is 0.172 e. The summed E-state index contributed by atoms with van der Waals surface area (Å²) in [5.41, 5.74) is 1.07. The predicted molar refractivity (Wildman–Crippen MR) is 61.2 cm³/mol. The largest absolute Gasteiger partial charge is 0.381 e. The van der Waals surface area contributed by atoms with Crippen molar-refractivity contribution in [2.45, 2.75) is 18.8 Å². The maximum Gasteiger partial charge on any atom is 0.172 e. The van der Waals surface area contributed by atoms with E-state index >= 15 is 0 Å². The highest BCUT2D eigenvalue weighted by Crippen LogP contribution is 2.26. The van der Waals surface area contributed by atoms with Gasteiger partial charge in [-0.25, -0.2) is 9.97 Å². The predicted octanol–water partition coefficient (Wildman–Crippen LogP) is 1.44. The molecule has 1 aliphatic heterocycles. The van der Waals surface area contributed by atoms with Gasteiger partial charge in [0.15, 0.2) is 11.9 Å². The first-order valence-electron chi connectivity index (χ1n) is 5.76. The lowest BCUT2D eigenvalue weighted by atomic mass is 10.00. The number of ether oxygens (including phenoxy) is 1. The SMILES string of the molecule is O=Cc1nc(C2CCOCC2)n2cccnc12. The molecule has 1 fully saturated rings. The van der Waals surface area contributed by atoms with Crippen molar-refractivity contribution in [1.82, 2.24) is 14.4 Å². The van der Waals surface area contributed by atoms with Crippen LogP contribution >= 0.6 is 0 Å². The highest BCUT2D eigenvalue weighted by molar-refractivity contribution is 5.81. The van der Waals surface area contributed by atoms with Gasteiger partial charge in [0.2, 0.25) is 0 Å². The Morgan fingerprint density at radius 1 is 1.41 bits per heavy atom. The van der Waals surface area contributed by atoms with E-state index in [0.29, 0.717) is 17.3 Å². The van der Waals surface area contributed by atoms with E-state index in [1.165, 1.54) is 0 Å². The van der Waals surface area contributed by atoms with Crippen molar-refractivity contribution in [3.8, 4) is 0 Å². The molecule has 5 nitrogen and oxygen atoms in total. The molecule has 0 bridgehead atoms. The Kier molecular flexibility index (Phi) is 2.60.